The lowest BCUT2D eigenvalue weighted by Gasteiger charge is -2.09. The van der Waals surface area contributed by atoms with Gasteiger partial charge in [0.15, 0.2) is 5.58 Å². The van der Waals surface area contributed by atoms with Crippen LogP contribution in [0.25, 0.3) is 33.3 Å². The molecule has 1 aromatic heterocycles. The van der Waals surface area contributed by atoms with Gasteiger partial charge < -0.3 is 9.73 Å². The zero-order chi connectivity index (χ0) is 19.8. The van der Waals surface area contributed by atoms with Gasteiger partial charge in [-0.2, -0.15) is 0 Å². The van der Waals surface area contributed by atoms with Crippen molar-refractivity contribution < 1.29 is 9.21 Å². The summed E-state index contributed by atoms with van der Waals surface area (Å²) >= 11 is 3.40. The van der Waals surface area contributed by atoms with E-state index >= 15 is 0 Å². The minimum Gasteiger partial charge on any atom is -0.436 e. The highest BCUT2D eigenvalue weighted by Crippen LogP contribution is 2.33. The fourth-order valence-corrected chi connectivity index (χ4v) is 3.78. The Morgan fingerprint density at radius 2 is 1.72 bits per heavy atom. The number of carbonyl (C=O) groups is 1. The smallest absolute Gasteiger partial charge is 0.255 e. The Labute approximate surface area is 175 Å². The fraction of sp³-hybridized carbons (Fsp3) is 0. The highest BCUT2D eigenvalue weighted by molar-refractivity contribution is 9.10. The Balaban J connectivity index is 1.57. The Morgan fingerprint density at radius 1 is 0.897 bits per heavy atom. The molecular weight excluding hydrogens is 428 g/mol. The Hall–Kier alpha value is -3.44. The first-order valence-corrected chi connectivity index (χ1v) is 9.93. The van der Waals surface area contributed by atoms with Crippen molar-refractivity contribution in [2.75, 3.05) is 5.32 Å². The number of nitrogens with one attached hydrogen (secondary N) is 1. The van der Waals surface area contributed by atoms with E-state index in [0.717, 1.165) is 26.3 Å². The van der Waals surface area contributed by atoms with Crippen LogP contribution in [-0.2, 0) is 0 Å². The Bertz CT molecular complexity index is 1370. The molecule has 1 heterocycles. The number of fused-ring (bicyclic) bond motifs is 3. The van der Waals surface area contributed by atoms with E-state index < -0.39 is 0 Å². The first-order chi connectivity index (χ1) is 14.2. The van der Waals surface area contributed by atoms with E-state index in [4.69, 9.17) is 9.40 Å². The average molecular weight is 443 g/mol. The van der Waals surface area contributed by atoms with Crippen LogP contribution < -0.4 is 5.32 Å². The van der Waals surface area contributed by atoms with E-state index in [1.807, 2.05) is 66.7 Å². The third-order valence-electron chi connectivity index (χ3n) is 4.78. The number of rotatable bonds is 3. The van der Waals surface area contributed by atoms with Gasteiger partial charge in [0.2, 0.25) is 5.89 Å². The zero-order valence-electron chi connectivity index (χ0n) is 15.2. The minimum absolute atomic E-state index is 0.194. The van der Waals surface area contributed by atoms with Crippen molar-refractivity contribution in [2.24, 2.45) is 0 Å². The van der Waals surface area contributed by atoms with Gasteiger partial charge in [0.05, 0.1) is 11.3 Å². The number of hydrogen-bond donors (Lipinski definition) is 1. The standard InChI is InChI=1S/C24H15BrN2O2/c25-17-8-5-7-16(14-17)23(28)26-20-11-4-3-10-19(20)24-27-22-18-9-2-1-6-15(18)12-13-21(22)29-24/h1-14H,(H,26,28). The second-order valence-corrected chi connectivity index (χ2v) is 7.58. The van der Waals surface area contributed by atoms with E-state index in [1.165, 1.54) is 0 Å². The van der Waals surface area contributed by atoms with E-state index in [1.54, 1.807) is 12.1 Å². The van der Waals surface area contributed by atoms with E-state index in [2.05, 4.69) is 27.3 Å². The lowest BCUT2D eigenvalue weighted by molar-refractivity contribution is 0.102. The number of para-hydroxylation sites is 1. The summed E-state index contributed by atoms with van der Waals surface area (Å²) in [6, 6.07) is 26.8. The molecule has 4 nitrogen and oxygen atoms in total. The van der Waals surface area contributed by atoms with Gasteiger partial charge in [-0.15, -0.1) is 0 Å². The quantitative estimate of drug-likeness (QED) is 0.339. The van der Waals surface area contributed by atoms with Crippen LogP contribution in [0.5, 0.6) is 0 Å². The first-order valence-electron chi connectivity index (χ1n) is 9.14. The molecule has 0 aliphatic carbocycles. The second kappa shape index (κ2) is 7.18. The van der Waals surface area contributed by atoms with Gasteiger partial charge >= 0.3 is 0 Å². The summed E-state index contributed by atoms with van der Waals surface area (Å²) in [5, 5.41) is 5.12. The van der Waals surface area contributed by atoms with Crippen LogP contribution in [-0.4, -0.2) is 10.9 Å². The van der Waals surface area contributed by atoms with Crippen LogP contribution in [0.4, 0.5) is 5.69 Å². The van der Waals surface area contributed by atoms with Crippen molar-refractivity contribution in [2.45, 2.75) is 0 Å². The molecule has 0 saturated carbocycles. The van der Waals surface area contributed by atoms with Crippen LogP contribution in [0.1, 0.15) is 10.4 Å². The summed E-state index contributed by atoms with van der Waals surface area (Å²) in [6.07, 6.45) is 0. The van der Waals surface area contributed by atoms with Crippen molar-refractivity contribution in [3.63, 3.8) is 0 Å². The number of carbonyl (C=O) groups excluding carboxylic acids is 1. The summed E-state index contributed by atoms with van der Waals surface area (Å²) < 4.78 is 6.89. The van der Waals surface area contributed by atoms with Crippen LogP contribution >= 0.6 is 15.9 Å². The molecule has 5 rings (SSSR count). The Morgan fingerprint density at radius 3 is 2.62 bits per heavy atom. The highest BCUT2D eigenvalue weighted by atomic mass is 79.9. The molecular formula is C24H15BrN2O2. The van der Waals surface area contributed by atoms with Crippen molar-refractivity contribution in [3.05, 3.63) is 95.0 Å². The van der Waals surface area contributed by atoms with Gasteiger partial charge in [-0.05, 0) is 41.8 Å². The predicted octanol–water partition coefficient (Wildman–Crippen LogP) is 6.66. The third-order valence-corrected chi connectivity index (χ3v) is 5.27. The van der Waals surface area contributed by atoms with Crippen LogP contribution in [0, 0.1) is 0 Å². The Kier molecular flexibility index (Phi) is 4.37. The second-order valence-electron chi connectivity index (χ2n) is 6.66. The number of amides is 1. The number of oxazole rings is 1. The highest BCUT2D eigenvalue weighted by Gasteiger charge is 2.16. The lowest BCUT2D eigenvalue weighted by atomic mass is 10.1. The van der Waals surface area contributed by atoms with Crippen molar-refractivity contribution in [1.82, 2.24) is 4.98 Å². The molecule has 0 radical (unpaired) electrons. The molecule has 1 amide bonds. The number of halogens is 1. The molecule has 0 saturated heterocycles. The number of aromatic nitrogens is 1. The van der Waals surface area contributed by atoms with Crippen LogP contribution in [0.3, 0.4) is 0 Å². The number of benzene rings is 4. The van der Waals surface area contributed by atoms with Crippen molar-refractivity contribution in [1.29, 1.82) is 0 Å². The molecule has 0 fully saturated rings. The molecule has 29 heavy (non-hydrogen) atoms. The minimum atomic E-state index is -0.194. The molecule has 0 spiro atoms. The maximum Gasteiger partial charge on any atom is 0.255 e. The van der Waals surface area contributed by atoms with E-state index in [9.17, 15) is 4.79 Å². The monoisotopic (exact) mass is 442 g/mol. The summed E-state index contributed by atoms with van der Waals surface area (Å²) in [7, 11) is 0. The van der Waals surface area contributed by atoms with Gasteiger partial charge in [0.25, 0.3) is 5.91 Å². The summed E-state index contributed by atoms with van der Waals surface area (Å²) in [6.45, 7) is 0. The molecule has 1 N–H and O–H groups in total. The fourth-order valence-electron chi connectivity index (χ4n) is 3.38. The maximum absolute atomic E-state index is 12.7. The molecule has 5 heteroatoms. The molecule has 140 valence electrons. The van der Waals surface area contributed by atoms with Crippen molar-refractivity contribution in [3.8, 4) is 11.5 Å². The van der Waals surface area contributed by atoms with Crippen LogP contribution in [0.15, 0.2) is 93.8 Å². The molecule has 5 aromatic rings. The molecule has 0 aliphatic heterocycles. The normalized spacial score (nSPS) is 11.1. The third kappa shape index (κ3) is 3.30. The first kappa shape index (κ1) is 17.6. The van der Waals surface area contributed by atoms with Gasteiger partial charge in [-0.3, -0.25) is 4.79 Å². The number of anilines is 1. The van der Waals surface area contributed by atoms with Crippen LogP contribution in [0.2, 0.25) is 0 Å². The summed E-state index contributed by atoms with van der Waals surface area (Å²) in [4.78, 5) is 17.5. The molecule has 0 atom stereocenters. The zero-order valence-corrected chi connectivity index (χ0v) is 16.8. The predicted molar refractivity (Wildman–Crippen MR) is 119 cm³/mol. The van der Waals surface area contributed by atoms with E-state index in [-0.39, 0.29) is 5.91 Å². The molecule has 0 aliphatic rings. The number of nitrogens with zero attached hydrogens (tertiary/aromatic N) is 1. The molecule has 0 bridgehead atoms. The SMILES string of the molecule is O=C(Nc1ccccc1-c1nc2c(ccc3ccccc32)o1)c1cccc(Br)c1. The topological polar surface area (TPSA) is 55.1 Å². The lowest BCUT2D eigenvalue weighted by Crippen LogP contribution is -2.12. The van der Waals surface area contributed by atoms with Gasteiger partial charge in [0.1, 0.15) is 5.52 Å². The van der Waals surface area contributed by atoms with E-state index in [0.29, 0.717) is 22.7 Å². The maximum atomic E-state index is 12.7. The van der Waals surface area contributed by atoms with Gasteiger partial charge in [0, 0.05) is 15.4 Å². The summed E-state index contributed by atoms with van der Waals surface area (Å²) in [5.74, 6) is 0.279. The average Bonchev–Trinajstić information content (AvgIpc) is 3.19. The number of hydrogen-bond acceptors (Lipinski definition) is 3. The molecule has 0 unspecified atom stereocenters. The van der Waals surface area contributed by atoms with Crippen molar-refractivity contribution >= 4 is 49.4 Å². The summed E-state index contributed by atoms with van der Waals surface area (Å²) in [5.41, 5.74) is 3.47. The largest absolute Gasteiger partial charge is 0.436 e. The van der Waals surface area contributed by atoms with Gasteiger partial charge in [-0.25, -0.2) is 4.98 Å². The molecule has 4 aromatic carbocycles. The van der Waals surface area contributed by atoms with Gasteiger partial charge in [-0.1, -0.05) is 64.5 Å².